The fraction of sp³-hybridized carbons (Fsp3) is 0.111. The van der Waals surface area contributed by atoms with E-state index in [1.807, 2.05) is 30.3 Å². The molecule has 0 saturated heterocycles. The van der Waals surface area contributed by atoms with Crippen LogP contribution in [0.25, 0.3) is 33.5 Å². The number of rotatable bonds is 2. The molecule has 3 heterocycles. The molecule has 0 saturated carbocycles. The Morgan fingerprint density at radius 3 is 2.48 bits per heavy atom. The van der Waals surface area contributed by atoms with Gasteiger partial charge >= 0.3 is 6.18 Å². The highest BCUT2D eigenvalue weighted by atomic mass is 19.4. The number of halogens is 3. The Bertz CT molecular complexity index is 1140. The monoisotopic (exact) mass is 370 g/mol. The highest BCUT2D eigenvalue weighted by Gasteiger charge is 2.34. The highest BCUT2D eigenvalue weighted by molar-refractivity contribution is 5.94. The molecule has 3 aromatic heterocycles. The van der Waals surface area contributed by atoms with Crippen LogP contribution in [-0.2, 0) is 13.2 Å². The third kappa shape index (κ3) is 2.97. The number of alkyl halides is 3. The van der Waals surface area contributed by atoms with Gasteiger partial charge in [-0.1, -0.05) is 30.3 Å². The number of nitrogens with zero attached hydrogens (tertiary/aromatic N) is 5. The number of nitrogens with two attached hydrogens (primary N) is 1. The van der Waals surface area contributed by atoms with Gasteiger partial charge in [-0.3, -0.25) is 4.68 Å². The first-order chi connectivity index (χ1) is 12.8. The van der Waals surface area contributed by atoms with Crippen LogP contribution in [-0.4, -0.2) is 24.7 Å². The summed E-state index contributed by atoms with van der Waals surface area (Å²) in [5, 5.41) is 4.46. The summed E-state index contributed by atoms with van der Waals surface area (Å²) in [7, 11) is 1.75. The number of aryl methyl sites for hydroxylation is 1. The lowest BCUT2D eigenvalue weighted by atomic mass is 10.0. The number of anilines is 1. The average Bonchev–Trinajstić information content (AvgIpc) is 3.02. The Morgan fingerprint density at radius 2 is 1.78 bits per heavy atom. The number of pyridine rings is 1. The summed E-state index contributed by atoms with van der Waals surface area (Å²) in [4.78, 5) is 12.1. The van der Waals surface area contributed by atoms with Gasteiger partial charge in [-0.2, -0.15) is 18.3 Å². The second kappa shape index (κ2) is 6.04. The van der Waals surface area contributed by atoms with Gasteiger partial charge in [-0.25, -0.2) is 15.0 Å². The highest BCUT2D eigenvalue weighted by Crippen LogP contribution is 2.37. The minimum atomic E-state index is -4.61. The lowest BCUT2D eigenvalue weighted by Gasteiger charge is -2.11. The molecule has 0 fully saturated rings. The van der Waals surface area contributed by atoms with Crippen molar-refractivity contribution >= 4 is 16.9 Å². The predicted octanol–water partition coefficient (Wildman–Crippen LogP) is 3.69. The van der Waals surface area contributed by atoms with E-state index < -0.39 is 17.6 Å². The third-order valence-corrected chi connectivity index (χ3v) is 4.08. The molecule has 2 N–H and O–H groups in total. The number of fused-ring (bicyclic) bond motifs is 1. The summed E-state index contributed by atoms with van der Waals surface area (Å²) in [6.07, 6.45) is -1.67. The van der Waals surface area contributed by atoms with E-state index in [0.29, 0.717) is 17.0 Å². The second-order valence-corrected chi connectivity index (χ2v) is 5.94. The van der Waals surface area contributed by atoms with Gasteiger partial charge < -0.3 is 5.73 Å². The van der Waals surface area contributed by atoms with E-state index in [-0.39, 0.29) is 11.0 Å². The molecule has 0 aliphatic rings. The Hall–Kier alpha value is -3.49. The summed E-state index contributed by atoms with van der Waals surface area (Å²) in [5.41, 5.74) is 7.27. The van der Waals surface area contributed by atoms with Gasteiger partial charge in [0.05, 0.1) is 11.1 Å². The average molecular weight is 370 g/mol. The van der Waals surface area contributed by atoms with Gasteiger partial charge in [-0.15, -0.1) is 0 Å². The molecule has 0 radical (unpaired) electrons. The number of benzene rings is 1. The van der Waals surface area contributed by atoms with E-state index in [9.17, 15) is 13.2 Å². The van der Waals surface area contributed by atoms with Crippen molar-refractivity contribution < 1.29 is 13.2 Å². The zero-order valence-corrected chi connectivity index (χ0v) is 14.1. The van der Waals surface area contributed by atoms with Crippen LogP contribution in [0.3, 0.4) is 0 Å². The van der Waals surface area contributed by atoms with Gasteiger partial charge in [-0.05, 0) is 6.07 Å². The molecule has 27 heavy (non-hydrogen) atoms. The van der Waals surface area contributed by atoms with Crippen molar-refractivity contribution in [2.75, 3.05) is 5.73 Å². The van der Waals surface area contributed by atoms with Gasteiger partial charge in [0.1, 0.15) is 29.0 Å². The van der Waals surface area contributed by atoms with Crippen LogP contribution in [0.1, 0.15) is 5.56 Å². The standard InChI is InChI=1S/C18H13F3N6/c1-27-8-11(14(26-27)10-5-3-2-4-6-10)15-16-13(23-9-24-15)7-12(17(22)25-16)18(19,20)21/h2-9H,1H3,(H2,22,25). The van der Waals surface area contributed by atoms with Crippen LogP contribution in [0.4, 0.5) is 19.0 Å². The van der Waals surface area contributed by atoms with Crippen molar-refractivity contribution in [3.05, 3.63) is 54.5 Å². The Balaban J connectivity index is 1.98. The van der Waals surface area contributed by atoms with E-state index in [1.165, 1.54) is 6.33 Å². The molecule has 0 unspecified atom stereocenters. The summed E-state index contributed by atoms with van der Waals surface area (Å²) < 4.78 is 40.9. The first-order valence-electron chi connectivity index (χ1n) is 7.92. The van der Waals surface area contributed by atoms with E-state index in [1.54, 1.807) is 17.9 Å². The molecular formula is C18H13F3N6. The van der Waals surface area contributed by atoms with Crippen molar-refractivity contribution in [1.82, 2.24) is 24.7 Å². The summed E-state index contributed by atoms with van der Waals surface area (Å²) in [6.45, 7) is 0. The molecule has 0 spiro atoms. The van der Waals surface area contributed by atoms with Crippen molar-refractivity contribution in [1.29, 1.82) is 0 Å². The molecular weight excluding hydrogens is 357 g/mol. The summed E-state index contributed by atoms with van der Waals surface area (Å²) in [5.74, 6) is -0.615. The van der Waals surface area contributed by atoms with E-state index in [4.69, 9.17) is 5.73 Å². The molecule has 4 aromatic rings. The molecule has 136 valence electrons. The maximum Gasteiger partial charge on any atom is 0.420 e. The Morgan fingerprint density at radius 1 is 1.04 bits per heavy atom. The maximum atomic E-state index is 13.1. The normalized spacial score (nSPS) is 11.9. The van der Waals surface area contributed by atoms with Gasteiger partial charge in [0.25, 0.3) is 0 Å². The van der Waals surface area contributed by atoms with Crippen LogP contribution in [0, 0.1) is 0 Å². The first-order valence-corrected chi connectivity index (χ1v) is 7.92. The third-order valence-electron chi connectivity index (χ3n) is 4.08. The maximum absolute atomic E-state index is 13.1. The van der Waals surface area contributed by atoms with Gasteiger partial charge in [0.2, 0.25) is 0 Å². The second-order valence-electron chi connectivity index (χ2n) is 5.94. The zero-order valence-electron chi connectivity index (χ0n) is 14.1. The fourth-order valence-corrected chi connectivity index (χ4v) is 2.89. The largest absolute Gasteiger partial charge is 0.420 e. The SMILES string of the molecule is Cn1cc(-c2ncnc3cc(C(F)(F)F)c(N)nc23)c(-c2ccccc2)n1. The van der Waals surface area contributed by atoms with Crippen LogP contribution >= 0.6 is 0 Å². The van der Waals surface area contributed by atoms with Crippen molar-refractivity contribution in [2.24, 2.45) is 7.05 Å². The number of hydrogen-bond acceptors (Lipinski definition) is 5. The molecule has 9 heteroatoms. The minimum Gasteiger partial charge on any atom is -0.383 e. The van der Waals surface area contributed by atoms with Crippen LogP contribution < -0.4 is 5.73 Å². The molecule has 4 rings (SSSR count). The summed E-state index contributed by atoms with van der Waals surface area (Å²) in [6, 6.07) is 10.3. The van der Waals surface area contributed by atoms with Crippen LogP contribution in [0.2, 0.25) is 0 Å². The number of nitrogen functional groups attached to an aromatic ring is 1. The number of aromatic nitrogens is 5. The van der Waals surface area contributed by atoms with Gasteiger partial charge in [0, 0.05) is 24.4 Å². The van der Waals surface area contributed by atoms with E-state index in [0.717, 1.165) is 11.6 Å². The molecule has 0 amide bonds. The van der Waals surface area contributed by atoms with E-state index >= 15 is 0 Å². The lowest BCUT2D eigenvalue weighted by molar-refractivity contribution is -0.137. The van der Waals surface area contributed by atoms with Crippen molar-refractivity contribution in [3.63, 3.8) is 0 Å². The van der Waals surface area contributed by atoms with Crippen LogP contribution in [0.5, 0.6) is 0 Å². The molecule has 0 atom stereocenters. The topological polar surface area (TPSA) is 82.5 Å². The zero-order chi connectivity index (χ0) is 19.2. The first kappa shape index (κ1) is 17.0. The fourth-order valence-electron chi connectivity index (χ4n) is 2.89. The molecule has 0 bridgehead atoms. The van der Waals surface area contributed by atoms with Gasteiger partial charge in [0.15, 0.2) is 0 Å². The molecule has 0 aliphatic heterocycles. The van der Waals surface area contributed by atoms with E-state index in [2.05, 4.69) is 20.1 Å². The molecule has 1 aromatic carbocycles. The Kier molecular flexibility index (Phi) is 3.79. The van der Waals surface area contributed by atoms with Crippen molar-refractivity contribution in [3.8, 4) is 22.5 Å². The molecule has 6 nitrogen and oxygen atoms in total. The lowest BCUT2D eigenvalue weighted by Crippen LogP contribution is -2.11. The molecule has 0 aliphatic carbocycles. The van der Waals surface area contributed by atoms with Crippen molar-refractivity contribution in [2.45, 2.75) is 6.18 Å². The predicted molar refractivity (Wildman–Crippen MR) is 94.4 cm³/mol. The Labute approximate surface area is 151 Å². The summed E-state index contributed by atoms with van der Waals surface area (Å²) >= 11 is 0. The quantitative estimate of drug-likeness (QED) is 0.582. The smallest absolute Gasteiger partial charge is 0.383 e. The van der Waals surface area contributed by atoms with Crippen LogP contribution in [0.15, 0.2) is 48.9 Å². The minimum absolute atomic E-state index is 0.0596. The number of hydrogen-bond donors (Lipinski definition) is 1.